The van der Waals surface area contributed by atoms with E-state index in [4.69, 9.17) is 9.84 Å². The predicted molar refractivity (Wildman–Crippen MR) is 91.4 cm³/mol. The lowest BCUT2D eigenvalue weighted by Gasteiger charge is -2.11. The summed E-state index contributed by atoms with van der Waals surface area (Å²) in [5.41, 5.74) is 2.09. The van der Waals surface area contributed by atoms with Crippen molar-refractivity contribution >= 4 is 12.0 Å². The average Bonchev–Trinajstić information content (AvgIpc) is 2.51. The second-order valence-corrected chi connectivity index (χ2v) is 5.56. The van der Waals surface area contributed by atoms with Crippen LogP contribution < -0.4 is 4.74 Å². The summed E-state index contributed by atoms with van der Waals surface area (Å²) in [4.78, 5) is 10.8. The number of rotatable bonds is 11. The van der Waals surface area contributed by atoms with Gasteiger partial charge in [0, 0.05) is 11.6 Å². The fourth-order valence-electron chi connectivity index (χ4n) is 2.29. The smallest absolute Gasteiger partial charge is 0.328 e. The zero-order chi connectivity index (χ0) is 16.2. The van der Waals surface area contributed by atoms with E-state index in [-0.39, 0.29) is 0 Å². The van der Waals surface area contributed by atoms with Crippen LogP contribution in [0.1, 0.15) is 63.5 Å². The maximum atomic E-state index is 10.8. The lowest BCUT2D eigenvalue weighted by atomic mass is 10.0. The summed E-state index contributed by atoms with van der Waals surface area (Å²) in [5.74, 6) is -0.166. The van der Waals surface area contributed by atoms with Crippen molar-refractivity contribution < 1.29 is 14.6 Å². The van der Waals surface area contributed by atoms with Gasteiger partial charge in [-0.15, -0.1) is 0 Å². The number of hydrogen-bond donors (Lipinski definition) is 1. The standard InChI is InChI=1S/C19H28O3/c1-3-5-7-9-16-10-12-18(22-14-8-6-4-2)17(15-16)11-13-19(20)21/h10-13,15H,3-9,14H2,1-2H3,(H,20,21). The molecule has 0 aliphatic carbocycles. The maximum absolute atomic E-state index is 10.8. The van der Waals surface area contributed by atoms with Gasteiger partial charge in [0.1, 0.15) is 5.75 Å². The molecule has 0 aliphatic heterocycles. The van der Waals surface area contributed by atoms with Gasteiger partial charge in [-0.25, -0.2) is 4.79 Å². The molecule has 0 spiro atoms. The third-order valence-electron chi connectivity index (χ3n) is 3.55. The summed E-state index contributed by atoms with van der Waals surface area (Å²) in [6, 6.07) is 6.10. The molecule has 3 heteroatoms. The molecule has 0 amide bonds. The lowest BCUT2D eigenvalue weighted by Crippen LogP contribution is -2.00. The molecule has 1 N–H and O–H groups in total. The molecule has 0 saturated carbocycles. The minimum absolute atomic E-state index is 0.678. The van der Waals surface area contributed by atoms with E-state index in [1.807, 2.05) is 12.1 Å². The molecule has 0 bridgehead atoms. The number of unbranched alkanes of at least 4 members (excludes halogenated alkanes) is 4. The fourth-order valence-corrected chi connectivity index (χ4v) is 2.29. The van der Waals surface area contributed by atoms with Crippen molar-refractivity contribution in [3.8, 4) is 5.75 Å². The summed E-state index contributed by atoms with van der Waals surface area (Å²) in [7, 11) is 0. The third kappa shape index (κ3) is 7.30. The molecule has 1 rings (SSSR count). The van der Waals surface area contributed by atoms with Crippen LogP contribution in [0.5, 0.6) is 5.75 Å². The molecule has 0 unspecified atom stereocenters. The highest BCUT2D eigenvalue weighted by atomic mass is 16.5. The van der Waals surface area contributed by atoms with Crippen LogP contribution >= 0.6 is 0 Å². The van der Waals surface area contributed by atoms with Crippen molar-refractivity contribution in [3.05, 3.63) is 35.4 Å². The van der Waals surface area contributed by atoms with Gasteiger partial charge in [0.15, 0.2) is 0 Å². The van der Waals surface area contributed by atoms with Crippen molar-refractivity contribution in [3.63, 3.8) is 0 Å². The Hall–Kier alpha value is -1.77. The number of hydrogen-bond acceptors (Lipinski definition) is 2. The highest BCUT2D eigenvalue weighted by Gasteiger charge is 2.04. The summed E-state index contributed by atoms with van der Waals surface area (Å²) in [6.45, 7) is 5.03. The van der Waals surface area contributed by atoms with Gasteiger partial charge in [0.05, 0.1) is 6.61 Å². The molecule has 0 aromatic heterocycles. The first-order valence-electron chi connectivity index (χ1n) is 8.34. The van der Waals surface area contributed by atoms with Gasteiger partial charge in [0.2, 0.25) is 0 Å². The maximum Gasteiger partial charge on any atom is 0.328 e. The van der Waals surface area contributed by atoms with E-state index in [0.29, 0.717) is 6.61 Å². The fraction of sp³-hybridized carbons (Fsp3) is 0.526. The van der Waals surface area contributed by atoms with Gasteiger partial charge in [-0.05, 0) is 43.0 Å². The van der Waals surface area contributed by atoms with E-state index in [2.05, 4.69) is 19.9 Å². The Bertz CT molecular complexity index is 478. The van der Waals surface area contributed by atoms with Crippen LogP contribution in [0.15, 0.2) is 24.3 Å². The third-order valence-corrected chi connectivity index (χ3v) is 3.55. The number of aliphatic carboxylic acids is 1. The molecule has 122 valence electrons. The molecule has 1 aromatic rings. The lowest BCUT2D eigenvalue weighted by molar-refractivity contribution is -0.131. The van der Waals surface area contributed by atoms with Crippen molar-refractivity contribution in [2.24, 2.45) is 0 Å². The number of carbonyl (C=O) groups is 1. The van der Waals surface area contributed by atoms with E-state index in [9.17, 15) is 4.79 Å². The second kappa shape index (κ2) is 10.9. The van der Waals surface area contributed by atoms with Crippen molar-refractivity contribution in [2.45, 2.75) is 58.8 Å². The highest BCUT2D eigenvalue weighted by molar-refractivity contribution is 5.86. The van der Waals surface area contributed by atoms with Gasteiger partial charge < -0.3 is 9.84 Å². The molecule has 3 nitrogen and oxygen atoms in total. The van der Waals surface area contributed by atoms with Crippen molar-refractivity contribution in [2.75, 3.05) is 6.61 Å². The van der Waals surface area contributed by atoms with Crippen LogP contribution in [-0.4, -0.2) is 17.7 Å². The second-order valence-electron chi connectivity index (χ2n) is 5.56. The monoisotopic (exact) mass is 304 g/mol. The normalized spacial score (nSPS) is 11.0. The largest absolute Gasteiger partial charge is 0.493 e. The van der Waals surface area contributed by atoms with Crippen LogP contribution in [0.25, 0.3) is 6.08 Å². The van der Waals surface area contributed by atoms with Crippen LogP contribution in [0.3, 0.4) is 0 Å². The van der Waals surface area contributed by atoms with E-state index >= 15 is 0 Å². The molecule has 0 aliphatic rings. The van der Waals surface area contributed by atoms with E-state index < -0.39 is 5.97 Å². The van der Waals surface area contributed by atoms with Crippen LogP contribution in [-0.2, 0) is 11.2 Å². The Morgan fingerprint density at radius 1 is 1.14 bits per heavy atom. The minimum atomic E-state index is -0.937. The summed E-state index contributed by atoms with van der Waals surface area (Å²) < 4.78 is 5.81. The van der Waals surface area contributed by atoms with Gasteiger partial charge in [0.25, 0.3) is 0 Å². The van der Waals surface area contributed by atoms with Gasteiger partial charge in [-0.3, -0.25) is 0 Å². The Labute approximate surface area is 134 Å². The van der Waals surface area contributed by atoms with Crippen LogP contribution in [0.2, 0.25) is 0 Å². The Morgan fingerprint density at radius 2 is 1.86 bits per heavy atom. The molecule has 0 atom stereocenters. The molecule has 0 fully saturated rings. The van der Waals surface area contributed by atoms with Gasteiger partial charge in [-0.1, -0.05) is 45.6 Å². The van der Waals surface area contributed by atoms with E-state index in [0.717, 1.165) is 43.4 Å². The van der Waals surface area contributed by atoms with E-state index in [1.54, 1.807) is 6.08 Å². The van der Waals surface area contributed by atoms with Crippen LogP contribution in [0.4, 0.5) is 0 Å². The number of aryl methyl sites for hydroxylation is 1. The molecule has 22 heavy (non-hydrogen) atoms. The Morgan fingerprint density at radius 3 is 2.55 bits per heavy atom. The molecular formula is C19H28O3. The average molecular weight is 304 g/mol. The Balaban J connectivity index is 2.77. The molecule has 0 heterocycles. The van der Waals surface area contributed by atoms with Gasteiger partial charge in [-0.2, -0.15) is 0 Å². The quantitative estimate of drug-likeness (QED) is 0.458. The molecule has 1 aromatic carbocycles. The SMILES string of the molecule is CCCCCOc1ccc(CCCCC)cc1C=CC(=O)O. The summed E-state index contributed by atoms with van der Waals surface area (Å²) >= 11 is 0. The number of carboxylic acids is 1. The summed E-state index contributed by atoms with van der Waals surface area (Å²) in [5, 5.41) is 8.83. The first-order chi connectivity index (χ1) is 10.7. The van der Waals surface area contributed by atoms with Crippen LogP contribution in [0, 0.1) is 0 Å². The highest BCUT2D eigenvalue weighted by Crippen LogP contribution is 2.23. The van der Waals surface area contributed by atoms with Crippen molar-refractivity contribution in [1.82, 2.24) is 0 Å². The van der Waals surface area contributed by atoms with Crippen molar-refractivity contribution in [1.29, 1.82) is 0 Å². The predicted octanol–water partition coefficient (Wildman–Crippen LogP) is 5.09. The number of benzene rings is 1. The molecular weight excluding hydrogens is 276 g/mol. The number of carboxylic acid groups (broad SMARTS) is 1. The first-order valence-corrected chi connectivity index (χ1v) is 8.34. The van der Waals surface area contributed by atoms with Gasteiger partial charge >= 0.3 is 5.97 Å². The Kier molecular flexibility index (Phi) is 9.04. The first kappa shape index (κ1) is 18.3. The zero-order valence-corrected chi connectivity index (χ0v) is 13.8. The molecule has 0 saturated heterocycles. The topological polar surface area (TPSA) is 46.5 Å². The zero-order valence-electron chi connectivity index (χ0n) is 13.8. The summed E-state index contributed by atoms with van der Waals surface area (Å²) in [6.07, 6.45) is 10.7. The minimum Gasteiger partial charge on any atom is -0.493 e. The van der Waals surface area contributed by atoms with E-state index in [1.165, 1.54) is 24.5 Å². The molecule has 0 radical (unpaired) electrons. The number of ether oxygens (including phenoxy) is 1.